The van der Waals surface area contributed by atoms with E-state index in [1.807, 2.05) is 19.9 Å². The molecule has 0 aromatic heterocycles. The molecule has 0 saturated heterocycles. The Morgan fingerprint density at radius 3 is 2.47 bits per heavy atom. The maximum Gasteiger partial charge on any atom is 0.251 e. The minimum absolute atomic E-state index is 0.0485. The second-order valence-corrected chi connectivity index (χ2v) is 4.76. The van der Waals surface area contributed by atoms with Crippen molar-refractivity contribution in [3.05, 3.63) is 35.4 Å². The van der Waals surface area contributed by atoms with Gasteiger partial charge in [-0.05, 0) is 38.5 Å². The van der Waals surface area contributed by atoms with Gasteiger partial charge in [-0.15, -0.1) is 0 Å². The molecular weight excluding hydrogens is 242 g/mol. The number of benzene rings is 1. The maximum atomic E-state index is 12.0. The quantitative estimate of drug-likeness (QED) is 0.734. The number of carbonyl (C=O) groups is 2. The Hall–Kier alpha value is -1.88. The number of rotatable bonds is 5. The van der Waals surface area contributed by atoms with E-state index >= 15 is 0 Å². The molecule has 0 radical (unpaired) electrons. The molecule has 1 aromatic carbocycles. The highest BCUT2D eigenvalue weighted by Gasteiger charge is 2.17. The van der Waals surface area contributed by atoms with Crippen LogP contribution in [0.2, 0.25) is 0 Å². The third-order valence-electron chi connectivity index (χ3n) is 2.60. The summed E-state index contributed by atoms with van der Waals surface area (Å²) in [4.78, 5) is 23.7. The summed E-state index contributed by atoms with van der Waals surface area (Å²) in [5.74, 6) is -0.472. The van der Waals surface area contributed by atoms with Crippen molar-refractivity contribution < 1.29 is 9.59 Å². The molecule has 5 heteroatoms. The van der Waals surface area contributed by atoms with Gasteiger partial charge in [-0.1, -0.05) is 12.1 Å². The maximum absolute atomic E-state index is 12.0. The van der Waals surface area contributed by atoms with Crippen molar-refractivity contribution in [3.8, 4) is 0 Å². The lowest BCUT2D eigenvalue weighted by molar-refractivity contribution is -0.123. The van der Waals surface area contributed by atoms with Gasteiger partial charge in [-0.3, -0.25) is 9.59 Å². The molecule has 1 atom stereocenters. The van der Waals surface area contributed by atoms with Gasteiger partial charge in [0.25, 0.3) is 5.91 Å². The Bertz CT molecular complexity index is 458. The molecule has 104 valence electrons. The Balaban J connectivity index is 2.65. The van der Waals surface area contributed by atoms with E-state index in [4.69, 9.17) is 5.73 Å². The molecule has 0 heterocycles. The number of nitrogens with two attached hydrogens (primary N) is 1. The molecule has 2 amide bonds. The molecule has 5 nitrogen and oxygen atoms in total. The lowest BCUT2D eigenvalue weighted by atomic mass is 10.1. The molecule has 0 aliphatic heterocycles. The van der Waals surface area contributed by atoms with Crippen molar-refractivity contribution in [2.24, 2.45) is 5.73 Å². The van der Waals surface area contributed by atoms with Crippen LogP contribution in [0.15, 0.2) is 24.3 Å². The first-order valence-electron chi connectivity index (χ1n) is 6.34. The number of hydrogen-bond donors (Lipinski definition) is 3. The third-order valence-corrected chi connectivity index (χ3v) is 2.60. The number of amides is 2. The van der Waals surface area contributed by atoms with Gasteiger partial charge in [0.05, 0.1) is 0 Å². The van der Waals surface area contributed by atoms with Gasteiger partial charge >= 0.3 is 0 Å². The van der Waals surface area contributed by atoms with Crippen LogP contribution < -0.4 is 16.4 Å². The fourth-order valence-corrected chi connectivity index (χ4v) is 1.59. The van der Waals surface area contributed by atoms with Crippen molar-refractivity contribution in [2.75, 3.05) is 0 Å². The zero-order chi connectivity index (χ0) is 14.4. The summed E-state index contributed by atoms with van der Waals surface area (Å²) in [5.41, 5.74) is 6.92. The van der Waals surface area contributed by atoms with Crippen LogP contribution in [0.25, 0.3) is 0 Å². The van der Waals surface area contributed by atoms with Gasteiger partial charge in [0.15, 0.2) is 0 Å². The molecule has 1 aromatic rings. The Morgan fingerprint density at radius 2 is 1.89 bits per heavy atom. The van der Waals surface area contributed by atoms with Crippen LogP contribution in [-0.2, 0) is 11.3 Å². The van der Waals surface area contributed by atoms with Gasteiger partial charge in [0.2, 0.25) is 5.91 Å². The van der Waals surface area contributed by atoms with Crippen molar-refractivity contribution in [1.29, 1.82) is 0 Å². The molecule has 0 spiro atoms. The fraction of sp³-hybridized carbons (Fsp3) is 0.429. The third kappa shape index (κ3) is 4.71. The molecule has 1 rings (SSSR count). The number of hydrogen-bond acceptors (Lipinski definition) is 3. The van der Waals surface area contributed by atoms with E-state index in [1.54, 1.807) is 25.1 Å². The molecule has 1 unspecified atom stereocenters. The highest BCUT2D eigenvalue weighted by atomic mass is 16.2. The molecule has 0 aliphatic rings. The van der Waals surface area contributed by atoms with E-state index < -0.39 is 6.04 Å². The van der Waals surface area contributed by atoms with E-state index in [0.29, 0.717) is 12.1 Å². The monoisotopic (exact) mass is 263 g/mol. The first-order chi connectivity index (χ1) is 8.93. The standard InChI is InChI=1S/C14H21N3O2/c1-9(2)16-13(18)10(3)17-14(19)12-6-4-5-11(7-12)8-15/h4-7,9-10H,8,15H2,1-3H3,(H,16,18)(H,17,19). The van der Waals surface area contributed by atoms with Gasteiger partial charge in [0, 0.05) is 18.2 Å². The minimum Gasteiger partial charge on any atom is -0.352 e. The lowest BCUT2D eigenvalue weighted by Crippen LogP contribution is -2.46. The predicted octanol–water partition coefficient (Wildman–Crippen LogP) is 0.788. The van der Waals surface area contributed by atoms with E-state index in [9.17, 15) is 9.59 Å². The Labute approximate surface area is 113 Å². The van der Waals surface area contributed by atoms with Crippen LogP contribution in [0.4, 0.5) is 0 Å². The minimum atomic E-state index is -0.573. The average Bonchev–Trinajstić information content (AvgIpc) is 2.37. The topological polar surface area (TPSA) is 84.2 Å². The van der Waals surface area contributed by atoms with E-state index in [1.165, 1.54) is 0 Å². The van der Waals surface area contributed by atoms with Crippen LogP contribution in [0.1, 0.15) is 36.7 Å². The first-order valence-corrected chi connectivity index (χ1v) is 6.34. The Kier molecular flexibility index (Phi) is 5.51. The normalized spacial score (nSPS) is 12.1. The Morgan fingerprint density at radius 1 is 1.21 bits per heavy atom. The highest BCUT2D eigenvalue weighted by molar-refractivity contribution is 5.97. The second-order valence-electron chi connectivity index (χ2n) is 4.76. The average molecular weight is 263 g/mol. The molecular formula is C14H21N3O2. The van der Waals surface area contributed by atoms with Gasteiger partial charge < -0.3 is 16.4 Å². The highest BCUT2D eigenvalue weighted by Crippen LogP contribution is 2.05. The largest absolute Gasteiger partial charge is 0.352 e. The van der Waals surface area contributed by atoms with Crippen LogP contribution in [0, 0.1) is 0 Å². The summed E-state index contributed by atoms with van der Waals surface area (Å²) in [6.07, 6.45) is 0. The summed E-state index contributed by atoms with van der Waals surface area (Å²) >= 11 is 0. The number of carbonyl (C=O) groups excluding carboxylic acids is 2. The second kappa shape index (κ2) is 6.89. The van der Waals surface area contributed by atoms with Crippen LogP contribution in [0.3, 0.4) is 0 Å². The molecule has 4 N–H and O–H groups in total. The van der Waals surface area contributed by atoms with E-state index in [2.05, 4.69) is 10.6 Å². The predicted molar refractivity (Wildman–Crippen MR) is 74.5 cm³/mol. The SMILES string of the molecule is CC(C)NC(=O)C(C)NC(=O)c1cccc(CN)c1. The summed E-state index contributed by atoms with van der Waals surface area (Å²) in [7, 11) is 0. The number of nitrogens with one attached hydrogen (secondary N) is 2. The zero-order valence-corrected chi connectivity index (χ0v) is 11.6. The summed E-state index contributed by atoms with van der Waals surface area (Å²) in [5, 5.41) is 5.41. The summed E-state index contributed by atoms with van der Waals surface area (Å²) in [6, 6.07) is 6.52. The van der Waals surface area contributed by atoms with Crippen molar-refractivity contribution >= 4 is 11.8 Å². The van der Waals surface area contributed by atoms with Crippen LogP contribution >= 0.6 is 0 Å². The van der Waals surface area contributed by atoms with Crippen LogP contribution in [-0.4, -0.2) is 23.9 Å². The first kappa shape index (κ1) is 15.2. The molecule has 0 saturated carbocycles. The van der Waals surface area contributed by atoms with Gasteiger partial charge in [-0.2, -0.15) is 0 Å². The zero-order valence-electron chi connectivity index (χ0n) is 11.6. The van der Waals surface area contributed by atoms with Crippen molar-refractivity contribution in [3.63, 3.8) is 0 Å². The molecule has 0 aliphatic carbocycles. The summed E-state index contributed by atoms with van der Waals surface area (Å²) < 4.78 is 0. The van der Waals surface area contributed by atoms with E-state index in [0.717, 1.165) is 5.56 Å². The molecule has 0 fully saturated rings. The fourth-order valence-electron chi connectivity index (χ4n) is 1.59. The van der Waals surface area contributed by atoms with Crippen molar-refractivity contribution in [1.82, 2.24) is 10.6 Å². The van der Waals surface area contributed by atoms with E-state index in [-0.39, 0.29) is 17.9 Å². The van der Waals surface area contributed by atoms with Crippen molar-refractivity contribution in [2.45, 2.75) is 39.4 Å². The lowest BCUT2D eigenvalue weighted by Gasteiger charge is -2.16. The molecule has 0 bridgehead atoms. The smallest absolute Gasteiger partial charge is 0.251 e. The van der Waals surface area contributed by atoms with Crippen LogP contribution in [0.5, 0.6) is 0 Å². The molecule has 19 heavy (non-hydrogen) atoms. The summed E-state index contributed by atoms with van der Waals surface area (Å²) in [6.45, 7) is 5.78. The van der Waals surface area contributed by atoms with Gasteiger partial charge in [-0.25, -0.2) is 0 Å². The van der Waals surface area contributed by atoms with Gasteiger partial charge in [0.1, 0.15) is 6.04 Å².